The molecule has 2 unspecified atom stereocenters. The van der Waals surface area contributed by atoms with Crippen LogP contribution in [-0.2, 0) is 4.79 Å². The number of H-pyrrole nitrogens is 1. The first-order valence-electron chi connectivity index (χ1n) is 9.89. The molecule has 8 nitrogen and oxygen atoms in total. The second kappa shape index (κ2) is 8.36. The van der Waals surface area contributed by atoms with E-state index in [0.717, 1.165) is 31.4 Å². The standard InChI is InChI=1S/C20H23N5O3S/c1-2-29-20-22-19(23-24-20)21-16(26)13-8-4-3-7-12(13)11-25-17(27)14-9-5-6-10-15(14)18(25)28/h5-6,9-10,12-13H,2-4,7-8,11H2,1H3,(H2,21,22,23,24,26). The number of fused-ring (bicyclic) bond motifs is 1. The molecule has 1 aromatic carbocycles. The highest BCUT2D eigenvalue weighted by atomic mass is 32.2. The lowest BCUT2D eigenvalue weighted by molar-refractivity contribution is -0.122. The van der Waals surface area contributed by atoms with Crippen molar-refractivity contribution in [3.05, 3.63) is 35.4 Å². The number of nitrogens with zero attached hydrogens (tertiary/aromatic N) is 3. The van der Waals surface area contributed by atoms with Gasteiger partial charge in [0.2, 0.25) is 17.0 Å². The molecule has 2 aromatic rings. The van der Waals surface area contributed by atoms with Crippen LogP contribution in [0.5, 0.6) is 0 Å². The molecule has 1 fully saturated rings. The van der Waals surface area contributed by atoms with Gasteiger partial charge in [-0.05, 0) is 36.6 Å². The second-order valence-electron chi connectivity index (χ2n) is 7.31. The number of carbonyl (C=O) groups excluding carboxylic acids is 3. The Balaban J connectivity index is 1.46. The highest BCUT2D eigenvalue weighted by Crippen LogP contribution is 2.34. The predicted octanol–water partition coefficient (Wildman–Crippen LogP) is 2.96. The number of rotatable bonds is 6. The van der Waals surface area contributed by atoms with Gasteiger partial charge in [0.25, 0.3) is 11.8 Å². The molecule has 4 rings (SSSR count). The van der Waals surface area contributed by atoms with E-state index in [1.807, 2.05) is 6.92 Å². The Kier molecular flexibility index (Phi) is 5.66. The van der Waals surface area contributed by atoms with Gasteiger partial charge < -0.3 is 0 Å². The van der Waals surface area contributed by atoms with Gasteiger partial charge in [0.1, 0.15) is 0 Å². The van der Waals surface area contributed by atoms with Gasteiger partial charge in [0.05, 0.1) is 11.1 Å². The first kappa shape index (κ1) is 19.6. The summed E-state index contributed by atoms with van der Waals surface area (Å²) in [5.74, 6) is 0.139. The number of hydrogen-bond acceptors (Lipinski definition) is 6. The molecule has 0 saturated heterocycles. The molecule has 152 valence electrons. The molecule has 29 heavy (non-hydrogen) atoms. The lowest BCUT2D eigenvalue weighted by atomic mass is 9.78. The number of benzene rings is 1. The van der Waals surface area contributed by atoms with Crippen LogP contribution in [0.15, 0.2) is 29.4 Å². The summed E-state index contributed by atoms with van der Waals surface area (Å²) < 4.78 is 0. The minimum absolute atomic E-state index is 0.0710. The number of anilines is 1. The second-order valence-corrected chi connectivity index (χ2v) is 8.54. The lowest BCUT2D eigenvalue weighted by Gasteiger charge is -2.32. The van der Waals surface area contributed by atoms with Crippen molar-refractivity contribution in [2.45, 2.75) is 37.8 Å². The molecule has 1 aromatic heterocycles. The Morgan fingerprint density at radius 3 is 2.59 bits per heavy atom. The number of aromatic amines is 1. The van der Waals surface area contributed by atoms with E-state index in [1.54, 1.807) is 24.3 Å². The summed E-state index contributed by atoms with van der Waals surface area (Å²) in [7, 11) is 0. The SMILES string of the molecule is CCSc1n[nH]c(NC(=O)C2CCCCC2CN2C(=O)c3ccccc3C2=O)n1. The summed E-state index contributed by atoms with van der Waals surface area (Å²) in [5, 5.41) is 10.2. The van der Waals surface area contributed by atoms with Crippen LogP contribution < -0.4 is 5.32 Å². The molecule has 0 bridgehead atoms. The Morgan fingerprint density at radius 2 is 1.90 bits per heavy atom. The quantitative estimate of drug-likeness (QED) is 0.557. The summed E-state index contributed by atoms with van der Waals surface area (Å²) in [6, 6.07) is 6.87. The third kappa shape index (κ3) is 3.91. The number of aromatic nitrogens is 3. The molecule has 2 heterocycles. The largest absolute Gasteiger partial charge is 0.295 e. The van der Waals surface area contributed by atoms with Crippen molar-refractivity contribution in [1.29, 1.82) is 0 Å². The molecule has 2 N–H and O–H groups in total. The molecule has 1 aliphatic heterocycles. The van der Waals surface area contributed by atoms with Crippen molar-refractivity contribution < 1.29 is 14.4 Å². The predicted molar refractivity (Wildman–Crippen MR) is 109 cm³/mol. The van der Waals surface area contributed by atoms with Gasteiger partial charge in [-0.3, -0.25) is 24.6 Å². The zero-order valence-electron chi connectivity index (χ0n) is 16.2. The Morgan fingerprint density at radius 1 is 1.21 bits per heavy atom. The third-order valence-corrected chi connectivity index (χ3v) is 6.25. The number of carbonyl (C=O) groups is 3. The molecule has 2 aliphatic rings. The van der Waals surface area contributed by atoms with E-state index in [0.29, 0.717) is 22.2 Å². The molecule has 0 spiro atoms. The zero-order chi connectivity index (χ0) is 20.4. The molecule has 1 saturated carbocycles. The minimum atomic E-state index is -0.277. The molecule has 2 atom stereocenters. The Bertz CT molecular complexity index is 909. The minimum Gasteiger partial charge on any atom is -0.295 e. The fraction of sp³-hybridized carbons (Fsp3) is 0.450. The van der Waals surface area contributed by atoms with E-state index in [1.165, 1.54) is 16.7 Å². The molecular formula is C20H23N5O3S. The van der Waals surface area contributed by atoms with E-state index < -0.39 is 0 Å². The van der Waals surface area contributed by atoms with Crippen molar-refractivity contribution in [2.75, 3.05) is 17.6 Å². The smallest absolute Gasteiger partial charge is 0.261 e. The maximum Gasteiger partial charge on any atom is 0.261 e. The van der Waals surface area contributed by atoms with E-state index in [9.17, 15) is 14.4 Å². The summed E-state index contributed by atoms with van der Waals surface area (Å²) in [6.07, 6.45) is 3.46. The maximum absolute atomic E-state index is 12.9. The van der Waals surface area contributed by atoms with Crippen LogP contribution >= 0.6 is 11.8 Å². The molecule has 0 radical (unpaired) electrons. The highest BCUT2D eigenvalue weighted by molar-refractivity contribution is 7.99. The highest BCUT2D eigenvalue weighted by Gasteiger charge is 2.40. The monoisotopic (exact) mass is 413 g/mol. The first-order valence-corrected chi connectivity index (χ1v) is 10.9. The summed E-state index contributed by atoms with van der Waals surface area (Å²) in [5.41, 5.74) is 0.883. The van der Waals surface area contributed by atoms with Crippen LogP contribution in [0.1, 0.15) is 53.3 Å². The molecule has 1 aliphatic carbocycles. The van der Waals surface area contributed by atoms with Gasteiger partial charge in [-0.15, -0.1) is 5.10 Å². The fourth-order valence-electron chi connectivity index (χ4n) is 4.12. The first-order chi connectivity index (χ1) is 14.1. The maximum atomic E-state index is 12.9. The van der Waals surface area contributed by atoms with Crippen LogP contribution in [0.4, 0.5) is 5.95 Å². The van der Waals surface area contributed by atoms with Crippen LogP contribution in [0, 0.1) is 11.8 Å². The topological polar surface area (TPSA) is 108 Å². The average molecular weight is 414 g/mol. The van der Waals surface area contributed by atoms with E-state index in [4.69, 9.17) is 0 Å². The summed E-state index contributed by atoms with van der Waals surface area (Å²) >= 11 is 1.49. The van der Waals surface area contributed by atoms with Crippen LogP contribution in [0.25, 0.3) is 0 Å². The molecule has 9 heteroatoms. The Labute approximate surface area is 172 Å². The van der Waals surface area contributed by atoms with Gasteiger partial charge in [0.15, 0.2) is 0 Å². The zero-order valence-corrected chi connectivity index (χ0v) is 17.0. The van der Waals surface area contributed by atoms with Gasteiger partial charge in [-0.2, -0.15) is 4.98 Å². The van der Waals surface area contributed by atoms with Gasteiger partial charge in [0, 0.05) is 12.5 Å². The van der Waals surface area contributed by atoms with E-state index in [2.05, 4.69) is 20.5 Å². The van der Waals surface area contributed by atoms with Gasteiger partial charge in [-0.1, -0.05) is 43.7 Å². The Hall–Kier alpha value is -2.68. The third-order valence-electron chi connectivity index (χ3n) is 5.52. The number of amides is 3. The van der Waals surface area contributed by atoms with Crippen LogP contribution in [0.3, 0.4) is 0 Å². The van der Waals surface area contributed by atoms with Crippen LogP contribution in [-0.4, -0.2) is 50.1 Å². The van der Waals surface area contributed by atoms with Crippen molar-refractivity contribution in [3.8, 4) is 0 Å². The lowest BCUT2D eigenvalue weighted by Crippen LogP contribution is -2.41. The number of hydrogen-bond donors (Lipinski definition) is 2. The molecule has 3 amide bonds. The van der Waals surface area contributed by atoms with Gasteiger partial charge in [-0.25, -0.2) is 5.10 Å². The summed E-state index contributed by atoms with van der Waals surface area (Å²) in [4.78, 5) is 43.8. The fourth-order valence-corrected chi connectivity index (χ4v) is 4.64. The van der Waals surface area contributed by atoms with Crippen molar-refractivity contribution in [2.24, 2.45) is 11.8 Å². The van der Waals surface area contributed by atoms with E-state index >= 15 is 0 Å². The summed E-state index contributed by atoms with van der Waals surface area (Å²) in [6.45, 7) is 2.27. The van der Waals surface area contributed by atoms with Crippen LogP contribution in [0.2, 0.25) is 0 Å². The number of nitrogens with one attached hydrogen (secondary N) is 2. The molecular weight excluding hydrogens is 390 g/mol. The van der Waals surface area contributed by atoms with E-state index in [-0.39, 0.29) is 36.1 Å². The van der Waals surface area contributed by atoms with Crippen molar-refractivity contribution in [3.63, 3.8) is 0 Å². The number of imide groups is 1. The average Bonchev–Trinajstić information content (AvgIpc) is 3.27. The van der Waals surface area contributed by atoms with Crippen molar-refractivity contribution in [1.82, 2.24) is 20.1 Å². The number of thioether (sulfide) groups is 1. The van der Waals surface area contributed by atoms with Crippen molar-refractivity contribution >= 4 is 35.4 Å². The normalized spacial score (nSPS) is 21.3. The van der Waals surface area contributed by atoms with Gasteiger partial charge >= 0.3 is 0 Å².